The van der Waals surface area contributed by atoms with Crippen LogP contribution in [0.25, 0.3) is 0 Å². The van der Waals surface area contributed by atoms with Crippen LogP contribution in [0.5, 0.6) is 0 Å². The molecular weight excluding hydrogens is 430 g/mol. The lowest BCUT2D eigenvalue weighted by atomic mass is 9.80. The summed E-state index contributed by atoms with van der Waals surface area (Å²) in [5.41, 5.74) is 10.5. The lowest BCUT2D eigenvalue weighted by molar-refractivity contribution is -0.139. The molecule has 176 valence electrons. The van der Waals surface area contributed by atoms with Gasteiger partial charge >= 0.3 is 11.9 Å². The van der Waals surface area contributed by atoms with Gasteiger partial charge in [0.15, 0.2) is 0 Å². The molecule has 7 heteroatoms. The van der Waals surface area contributed by atoms with E-state index in [9.17, 15) is 14.9 Å². The highest BCUT2D eigenvalue weighted by Crippen LogP contribution is 2.43. The van der Waals surface area contributed by atoms with Gasteiger partial charge in [-0.15, -0.1) is 0 Å². The minimum Gasteiger partial charge on any atom is -0.463 e. The Labute approximate surface area is 200 Å². The predicted octanol–water partition coefficient (Wildman–Crippen LogP) is 4.43. The van der Waals surface area contributed by atoms with Gasteiger partial charge in [-0.1, -0.05) is 31.2 Å². The first kappa shape index (κ1) is 24.6. The summed E-state index contributed by atoms with van der Waals surface area (Å²) in [4.78, 5) is 28.3. The zero-order valence-corrected chi connectivity index (χ0v) is 19.9. The zero-order chi connectivity index (χ0) is 24.8. The molecule has 1 atom stereocenters. The summed E-state index contributed by atoms with van der Waals surface area (Å²) >= 11 is 0. The highest BCUT2D eigenvalue weighted by atomic mass is 16.5. The maximum atomic E-state index is 13.4. The van der Waals surface area contributed by atoms with Gasteiger partial charge in [0, 0.05) is 11.4 Å². The third-order valence-electron chi connectivity index (χ3n) is 5.60. The maximum Gasteiger partial charge on any atom is 0.338 e. The molecule has 0 saturated heterocycles. The Hall–Kier alpha value is -4.05. The first-order chi connectivity index (χ1) is 16.3. The van der Waals surface area contributed by atoms with Crippen LogP contribution in [0.1, 0.15) is 49.8 Å². The Kier molecular flexibility index (Phi) is 7.75. The van der Waals surface area contributed by atoms with Gasteiger partial charge in [-0.3, -0.25) is 0 Å². The van der Waals surface area contributed by atoms with E-state index in [0.29, 0.717) is 28.8 Å². The van der Waals surface area contributed by atoms with E-state index in [1.807, 2.05) is 38.1 Å². The van der Waals surface area contributed by atoms with Gasteiger partial charge < -0.3 is 20.1 Å². The van der Waals surface area contributed by atoms with E-state index < -0.39 is 17.9 Å². The molecule has 7 nitrogen and oxygen atoms in total. The summed E-state index contributed by atoms with van der Waals surface area (Å²) < 4.78 is 10.9. The molecule has 1 aliphatic rings. The molecule has 0 aliphatic carbocycles. The van der Waals surface area contributed by atoms with E-state index >= 15 is 0 Å². The monoisotopic (exact) mass is 459 g/mol. The summed E-state index contributed by atoms with van der Waals surface area (Å²) in [6.45, 7) is 7.76. The highest BCUT2D eigenvalue weighted by molar-refractivity contribution is 6.01. The minimum atomic E-state index is -0.808. The SMILES string of the molecule is CCCOC(=O)C1=C(C)N(c2cccc(C)c2)C(N)=C(C(=O)OCC)C1c1ccc(C#N)cc1. The van der Waals surface area contributed by atoms with Gasteiger partial charge in [0.1, 0.15) is 5.82 Å². The molecule has 0 fully saturated rings. The molecule has 1 unspecified atom stereocenters. The van der Waals surface area contributed by atoms with Gasteiger partial charge in [-0.25, -0.2) is 9.59 Å². The van der Waals surface area contributed by atoms with Crippen molar-refractivity contribution < 1.29 is 19.1 Å². The Morgan fingerprint density at radius 2 is 1.71 bits per heavy atom. The van der Waals surface area contributed by atoms with Crippen molar-refractivity contribution in [3.05, 3.63) is 87.9 Å². The number of rotatable bonds is 7. The van der Waals surface area contributed by atoms with Gasteiger partial charge in [-0.2, -0.15) is 5.26 Å². The molecule has 2 aromatic rings. The summed E-state index contributed by atoms with van der Waals surface area (Å²) in [6, 6.07) is 16.4. The molecule has 0 spiro atoms. The van der Waals surface area contributed by atoms with Crippen molar-refractivity contribution in [1.82, 2.24) is 0 Å². The summed E-state index contributed by atoms with van der Waals surface area (Å²) in [5, 5.41) is 9.21. The molecule has 0 aromatic heterocycles. The Bertz CT molecular complexity index is 1190. The number of hydrogen-bond donors (Lipinski definition) is 1. The number of esters is 2. The number of carbonyl (C=O) groups excluding carboxylic acids is 2. The Balaban J connectivity index is 2.30. The fraction of sp³-hybridized carbons (Fsp3) is 0.296. The van der Waals surface area contributed by atoms with E-state index in [2.05, 4.69) is 6.07 Å². The summed E-state index contributed by atoms with van der Waals surface area (Å²) in [6.07, 6.45) is 0.657. The van der Waals surface area contributed by atoms with Crippen LogP contribution in [0.2, 0.25) is 0 Å². The number of aryl methyl sites for hydroxylation is 1. The average molecular weight is 460 g/mol. The maximum absolute atomic E-state index is 13.4. The van der Waals surface area contributed by atoms with E-state index in [-0.39, 0.29) is 24.6 Å². The Morgan fingerprint density at radius 3 is 2.29 bits per heavy atom. The van der Waals surface area contributed by atoms with E-state index in [1.54, 1.807) is 43.0 Å². The third-order valence-corrected chi connectivity index (χ3v) is 5.60. The van der Waals surface area contributed by atoms with E-state index in [4.69, 9.17) is 15.2 Å². The van der Waals surface area contributed by atoms with Gasteiger partial charge in [0.2, 0.25) is 0 Å². The fourth-order valence-electron chi connectivity index (χ4n) is 4.08. The van der Waals surface area contributed by atoms with Crippen LogP contribution >= 0.6 is 0 Å². The quantitative estimate of drug-likeness (QED) is 0.611. The average Bonchev–Trinajstić information content (AvgIpc) is 2.82. The molecule has 2 aromatic carbocycles. The molecule has 0 radical (unpaired) electrons. The van der Waals surface area contributed by atoms with Gasteiger partial charge in [0.25, 0.3) is 0 Å². The van der Waals surface area contributed by atoms with Crippen LogP contribution in [0.3, 0.4) is 0 Å². The molecular formula is C27H29N3O4. The van der Waals surface area contributed by atoms with Crippen molar-refractivity contribution in [2.24, 2.45) is 5.73 Å². The minimum absolute atomic E-state index is 0.151. The highest BCUT2D eigenvalue weighted by Gasteiger charge is 2.41. The number of anilines is 1. The topological polar surface area (TPSA) is 106 Å². The van der Waals surface area contributed by atoms with Crippen LogP contribution in [0, 0.1) is 18.3 Å². The second kappa shape index (κ2) is 10.7. The first-order valence-electron chi connectivity index (χ1n) is 11.2. The number of allylic oxidation sites excluding steroid dienone is 1. The fourth-order valence-corrected chi connectivity index (χ4v) is 4.08. The normalized spacial score (nSPS) is 15.7. The van der Waals surface area contributed by atoms with Crippen molar-refractivity contribution in [2.75, 3.05) is 18.1 Å². The first-order valence-corrected chi connectivity index (χ1v) is 11.2. The number of ether oxygens (including phenoxy) is 2. The zero-order valence-electron chi connectivity index (χ0n) is 19.9. The summed E-state index contributed by atoms with van der Waals surface area (Å²) in [5.74, 6) is -1.76. The van der Waals surface area contributed by atoms with Crippen molar-refractivity contribution in [2.45, 2.75) is 40.0 Å². The number of nitriles is 1. The molecule has 1 aliphatic heterocycles. The molecule has 0 amide bonds. The van der Waals surface area contributed by atoms with Gasteiger partial charge in [0.05, 0.1) is 41.9 Å². The van der Waals surface area contributed by atoms with Crippen molar-refractivity contribution in [1.29, 1.82) is 5.26 Å². The molecule has 3 rings (SSSR count). The van der Waals surface area contributed by atoms with Crippen LogP contribution in [0.15, 0.2) is 71.2 Å². The smallest absolute Gasteiger partial charge is 0.338 e. The van der Waals surface area contributed by atoms with Crippen LogP contribution in [0.4, 0.5) is 5.69 Å². The van der Waals surface area contributed by atoms with Gasteiger partial charge in [-0.05, 0) is 62.6 Å². The number of carbonyl (C=O) groups is 2. The van der Waals surface area contributed by atoms with Crippen molar-refractivity contribution >= 4 is 17.6 Å². The van der Waals surface area contributed by atoms with E-state index in [0.717, 1.165) is 11.3 Å². The lowest BCUT2D eigenvalue weighted by Crippen LogP contribution is -2.39. The predicted molar refractivity (Wildman–Crippen MR) is 129 cm³/mol. The van der Waals surface area contributed by atoms with Crippen LogP contribution in [-0.4, -0.2) is 25.2 Å². The standard InChI is InChI=1S/C27H29N3O4/c1-5-14-34-26(31)22-18(4)30(21-9-7-8-17(3)15-21)25(29)24(27(32)33-6-2)23(22)20-12-10-19(16-28)11-13-20/h7-13,15,23H,5-6,14,29H2,1-4H3. The van der Waals surface area contributed by atoms with Crippen molar-refractivity contribution in [3.63, 3.8) is 0 Å². The second-order valence-electron chi connectivity index (χ2n) is 8.00. The van der Waals surface area contributed by atoms with Crippen LogP contribution < -0.4 is 10.6 Å². The van der Waals surface area contributed by atoms with Crippen LogP contribution in [-0.2, 0) is 19.1 Å². The summed E-state index contributed by atoms with van der Waals surface area (Å²) in [7, 11) is 0. The largest absolute Gasteiger partial charge is 0.463 e. The number of nitrogens with two attached hydrogens (primary N) is 1. The second-order valence-corrected chi connectivity index (χ2v) is 8.00. The molecule has 1 heterocycles. The lowest BCUT2D eigenvalue weighted by Gasteiger charge is -2.37. The molecule has 34 heavy (non-hydrogen) atoms. The molecule has 2 N–H and O–H groups in total. The molecule has 0 saturated carbocycles. The number of hydrogen-bond acceptors (Lipinski definition) is 7. The molecule has 0 bridgehead atoms. The third kappa shape index (κ3) is 4.81. The number of benzene rings is 2. The number of nitrogens with zero attached hydrogens (tertiary/aromatic N) is 2. The van der Waals surface area contributed by atoms with E-state index in [1.165, 1.54) is 0 Å². The Morgan fingerprint density at radius 1 is 1.03 bits per heavy atom. The van der Waals surface area contributed by atoms with Crippen molar-refractivity contribution in [3.8, 4) is 6.07 Å².